The monoisotopic (exact) mass is 158 g/mol. The number of aliphatic hydroxyl groups is 1. The summed E-state index contributed by atoms with van der Waals surface area (Å²) in [6.45, 7) is 0.491. The second kappa shape index (κ2) is 3.19. The highest BCUT2D eigenvalue weighted by molar-refractivity contribution is 5.79. The molecular formula is C7H14N2O2. The van der Waals surface area contributed by atoms with Gasteiger partial charge in [0.05, 0.1) is 12.6 Å². The van der Waals surface area contributed by atoms with Crippen LogP contribution in [0.15, 0.2) is 0 Å². The minimum atomic E-state index is -0.0625. The van der Waals surface area contributed by atoms with Gasteiger partial charge in [-0.3, -0.25) is 4.79 Å². The van der Waals surface area contributed by atoms with E-state index >= 15 is 0 Å². The first-order valence-corrected chi connectivity index (χ1v) is 3.77. The molecule has 1 aliphatic heterocycles. The van der Waals surface area contributed by atoms with Crippen LogP contribution in [0, 0.1) is 5.92 Å². The van der Waals surface area contributed by atoms with E-state index in [9.17, 15) is 4.79 Å². The molecule has 4 heteroatoms. The van der Waals surface area contributed by atoms with Gasteiger partial charge in [-0.05, 0) is 6.54 Å². The van der Waals surface area contributed by atoms with Gasteiger partial charge in [0.2, 0.25) is 5.91 Å². The Labute approximate surface area is 66.0 Å². The molecule has 0 aliphatic carbocycles. The molecule has 1 heterocycles. The predicted octanol–water partition coefficient (Wildman–Crippen LogP) is -1.22. The summed E-state index contributed by atoms with van der Waals surface area (Å²) in [5.74, 6) is 0.219. The fourth-order valence-electron chi connectivity index (χ4n) is 1.52. The zero-order valence-electron chi connectivity index (χ0n) is 6.66. The summed E-state index contributed by atoms with van der Waals surface area (Å²) in [5.41, 5.74) is 5.43. The highest BCUT2D eigenvalue weighted by atomic mass is 16.3. The lowest BCUT2D eigenvalue weighted by Gasteiger charge is -2.21. The van der Waals surface area contributed by atoms with Gasteiger partial charge in [-0.2, -0.15) is 0 Å². The Morgan fingerprint density at radius 1 is 1.82 bits per heavy atom. The molecular weight excluding hydrogens is 144 g/mol. The number of likely N-dealkylation sites (N-methyl/N-ethyl adjacent to an activating group) is 1. The molecule has 0 spiro atoms. The summed E-state index contributed by atoms with van der Waals surface area (Å²) in [4.78, 5) is 12.7. The molecule has 0 aromatic carbocycles. The van der Waals surface area contributed by atoms with Crippen LogP contribution in [0.1, 0.15) is 6.42 Å². The van der Waals surface area contributed by atoms with E-state index < -0.39 is 0 Å². The zero-order chi connectivity index (χ0) is 8.43. The van der Waals surface area contributed by atoms with Gasteiger partial charge >= 0.3 is 0 Å². The quantitative estimate of drug-likeness (QED) is 0.529. The minimum Gasteiger partial charge on any atom is -0.394 e. The van der Waals surface area contributed by atoms with Crippen LogP contribution in [0.2, 0.25) is 0 Å². The molecule has 4 nitrogen and oxygen atoms in total. The van der Waals surface area contributed by atoms with Crippen molar-refractivity contribution in [1.82, 2.24) is 4.90 Å². The molecule has 0 aromatic heterocycles. The summed E-state index contributed by atoms with van der Waals surface area (Å²) in [7, 11) is 1.71. The SMILES string of the molecule is CN1C(=O)C[C@H](CN)[C@H]1CO. The Balaban J connectivity index is 2.64. The van der Waals surface area contributed by atoms with Crippen molar-refractivity contribution < 1.29 is 9.90 Å². The van der Waals surface area contributed by atoms with Gasteiger partial charge in [-0.15, -0.1) is 0 Å². The molecule has 0 saturated carbocycles. The fraction of sp³-hybridized carbons (Fsp3) is 0.857. The molecule has 64 valence electrons. The second-order valence-corrected chi connectivity index (χ2v) is 2.95. The molecule has 1 saturated heterocycles. The number of aliphatic hydroxyl groups excluding tert-OH is 1. The van der Waals surface area contributed by atoms with Gasteiger partial charge in [0.1, 0.15) is 0 Å². The lowest BCUT2D eigenvalue weighted by molar-refractivity contribution is -0.128. The van der Waals surface area contributed by atoms with Crippen LogP contribution in [0.25, 0.3) is 0 Å². The van der Waals surface area contributed by atoms with Gasteiger partial charge in [-0.25, -0.2) is 0 Å². The number of carbonyl (C=O) groups is 1. The molecule has 11 heavy (non-hydrogen) atoms. The van der Waals surface area contributed by atoms with Crippen LogP contribution >= 0.6 is 0 Å². The van der Waals surface area contributed by atoms with E-state index in [2.05, 4.69) is 0 Å². The largest absolute Gasteiger partial charge is 0.394 e. The second-order valence-electron chi connectivity index (χ2n) is 2.95. The maximum absolute atomic E-state index is 11.1. The summed E-state index contributed by atoms with van der Waals surface area (Å²) in [6.07, 6.45) is 0.484. The molecule has 0 unspecified atom stereocenters. The van der Waals surface area contributed by atoms with Crippen LogP contribution in [-0.2, 0) is 4.79 Å². The molecule has 1 rings (SSSR count). The maximum atomic E-state index is 11.1. The highest BCUT2D eigenvalue weighted by Gasteiger charge is 2.35. The van der Waals surface area contributed by atoms with E-state index in [-0.39, 0.29) is 24.5 Å². The van der Waals surface area contributed by atoms with Gasteiger partial charge < -0.3 is 15.7 Å². The van der Waals surface area contributed by atoms with E-state index in [0.717, 1.165) is 0 Å². The zero-order valence-corrected chi connectivity index (χ0v) is 6.66. The molecule has 0 radical (unpaired) electrons. The first kappa shape index (κ1) is 8.49. The molecule has 0 bridgehead atoms. The van der Waals surface area contributed by atoms with Crippen LogP contribution in [0.4, 0.5) is 0 Å². The number of hydrogen-bond donors (Lipinski definition) is 2. The Morgan fingerprint density at radius 3 is 2.82 bits per heavy atom. The minimum absolute atomic E-state index is 0.0180. The van der Waals surface area contributed by atoms with E-state index in [0.29, 0.717) is 13.0 Å². The number of hydrogen-bond acceptors (Lipinski definition) is 3. The van der Waals surface area contributed by atoms with Crippen molar-refractivity contribution in [2.24, 2.45) is 11.7 Å². The number of amides is 1. The number of likely N-dealkylation sites (tertiary alicyclic amines) is 1. The van der Waals surface area contributed by atoms with Crippen LogP contribution in [0.5, 0.6) is 0 Å². The van der Waals surface area contributed by atoms with E-state index in [1.165, 1.54) is 0 Å². The highest BCUT2D eigenvalue weighted by Crippen LogP contribution is 2.22. The van der Waals surface area contributed by atoms with E-state index in [4.69, 9.17) is 10.8 Å². The molecule has 2 atom stereocenters. The van der Waals surface area contributed by atoms with Crippen molar-refractivity contribution in [1.29, 1.82) is 0 Å². The number of nitrogens with zero attached hydrogens (tertiary/aromatic N) is 1. The van der Waals surface area contributed by atoms with Crippen LogP contribution in [-0.4, -0.2) is 42.2 Å². The Morgan fingerprint density at radius 2 is 2.45 bits per heavy atom. The van der Waals surface area contributed by atoms with Gasteiger partial charge in [-0.1, -0.05) is 0 Å². The summed E-state index contributed by atoms with van der Waals surface area (Å²) >= 11 is 0. The third-order valence-corrected chi connectivity index (χ3v) is 2.36. The maximum Gasteiger partial charge on any atom is 0.223 e. The Kier molecular flexibility index (Phi) is 2.46. The number of rotatable bonds is 2. The predicted molar refractivity (Wildman–Crippen MR) is 40.8 cm³/mol. The average Bonchev–Trinajstić information content (AvgIpc) is 2.28. The lowest BCUT2D eigenvalue weighted by atomic mass is 10.0. The van der Waals surface area contributed by atoms with Crippen molar-refractivity contribution in [3.8, 4) is 0 Å². The molecule has 3 N–H and O–H groups in total. The van der Waals surface area contributed by atoms with Crippen molar-refractivity contribution in [3.05, 3.63) is 0 Å². The Bertz CT molecular complexity index is 161. The normalized spacial score (nSPS) is 31.5. The van der Waals surface area contributed by atoms with Crippen molar-refractivity contribution in [3.63, 3.8) is 0 Å². The molecule has 1 amide bonds. The van der Waals surface area contributed by atoms with Crippen LogP contribution < -0.4 is 5.73 Å². The molecule has 1 aliphatic rings. The molecule has 0 aromatic rings. The smallest absolute Gasteiger partial charge is 0.223 e. The Hall–Kier alpha value is -0.610. The standard InChI is InChI=1S/C7H14N2O2/c1-9-6(4-10)5(3-8)2-7(9)11/h5-6,10H,2-4,8H2,1H3/t5-,6-/m1/s1. The first-order valence-electron chi connectivity index (χ1n) is 3.77. The lowest BCUT2D eigenvalue weighted by Crippen LogP contribution is -2.36. The van der Waals surface area contributed by atoms with Gasteiger partial charge in [0, 0.05) is 19.4 Å². The third-order valence-electron chi connectivity index (χ3n) is 2.36. The summed E-state index contributed by atoms with van der Waals surface area (Å²) in [6, 6.07) is -0.0625. The van der Waals surface area contributed by atoms with Crippen molar-refractivity contribution in [2.75, 3.05) is 20.2 Å². The van der Waals surface area contributed by atoms with Gasteiger partial charge in [0.25, 0.3) is 0 Å². The molecule has 1 fully saturated rings. The fourth-order valence-corrected chi connectivity index (χ4v) is 1.52. The summed E-state index contributed by atoms with van der Waals surface area (Å²) in [5, 5.41) is 8.91. The third kappa shape index (κ3) is 1.36. The van der Waals surface area contributed by atoms with E-state index in [1.807, 2.05) is 0 Å². The number of nitrogens with two attached hydrogens (primary N) is 1. The average molecular weight is 158 g/mol. The van der Waals surface area contributed by atoms with Crippen molar-refractivity contribution in [2.45, 2.75) is 12.5 Å². The topological polar surface area (TPSA) is 66.6 Å². The number of carbonyl (C=O) groups excluding carboxylic acids is 1. The van der Waals surface area contributed by atoms with Gasteiger partial charge in [0.15, 0.2) is 0 Å². The van der Waals surface area contributed by atoms with Crippen LogP contribution in [0.3, 0.4) is 0 Å². The summed E-state index contributed by atoms with van der Waals surface area (Å²) < 4.78 is 0. The van der Waals surface area contributed by atoms with Crippen molar-refractivity contribution >= 4 is 5.91 Å². The van der Waals surface area contributed by atoms with E-state index in [1.54, 1.807) is 11.9 Å². The first-order chi connectivity index (χ1) is 5.20.